The van der Waals surface area contributed by atoms with Gasteiger partial charge in [-0.05, 0) is 12.8 Å². The third kappa shape index (κ3) is 3.67. The maximum Gasteiger partial charge on any atom is 0.308 e. The first-order valence-electron chi connectivity index (χ1n) is 6.16. The summed E-state index contributed by atoms with van der Waals surface area (Å²) in [4.78, 5) is 13.5. The normalized spacial score (nSPS) is 25.2. The van der Waals surface area contributed by atoms with E-state index in [-0.39, 0.29) is 23.4 Å². The summed E-state index contributed by atoms with van der Waals surface area (Å²) in [6, 6.07) is 0. The molecular weight excluding hydrogens is 242 g/mol. The van der Waals surface area contributed by atoms with Crippen LogP contribution in [0.4, 0.5) is 0 Å². The Bertz CT molecular complexity index is 361. The average molecular weight is 261 g/mol. The molecule has 5 nitrogen and oxygen atoms in total. The first-order valence-corrected chi connectivity index (χ1v) is 7.98. The van der Waals surface area contributed by atoms with Crippen LogP contribution in [-0.2, 0) is 19.4 Å². The number of hydrogen-bond donors (Lipinski definition) is 0. The van der Waals surface area contributed by atoms with Gasteiger partial charge in [-0.15, -0.1) is 0 Å². The zero-order chi connectivity index (χ0) is 12.3. The number of rotatable bonds is 4. The van der Waals surface area contributed by atoms with E-state index >= 15 is 0 Å². The number of carbonyl (C=O) groups is 1. The number of nitrogens with zero attached hydrogens (tertiary/aromatic N) is 1. The summed E-state index contributed by atoms with van der Waals surface area (Å²) in [5.74, 6) is 0.491. The lowest BCUT2D eigenvalue weighted by atomic mass is 9.86. The van der Waals surface area contributed by atoms with Crippen LogP contribution in [0, 0.1) is 5.92 Å². The van der Waals surface area contributed by atoms with Crippen molar-refractivity contribution in [1.82, 2.24) is 4.90 Å². The molecule has 1 saturated heterocycles. The lowest BCUT2D eigenvalue weighted by Crippen LogP contribution is -2.42. The highest BCUT2D eigenvalue weighted by molar-refractivity contribution is 7.91. The van der Waals surface area contributed by atoms with Gasteiger partial charge in [0.05, 0.1) is 17.4 Å². The fourth-order valence-corrected chi connectivity index (χ4v) is 3.29. The highest BCUT2D eigenvalue weighted by Crippen LogP contribution is 2.27. The summed E-state index contributed by atoms with van der Waals surface area (Å²) < 4.78 is 27.6. The molecule has 0 spiro atoms. The van der Waals surface area contributed by atoms with E-state index in [0.717, 1.165) is 19.3 Å². The van der Waals surface area contributed by atoms with Gasteiger partial charge < -0.3 is 4.74 Å². The number of carbonyl (C=O) groups excluding carboxylic acids is 1. The molecule has 0 aromatic carbocycles. The van der Waals surface area contributed by atoms with Crippen molar-refractivity contribution in [2.45, 2.75) is 19.3 Å². The minimum Gasteiger partial charge on any atom is -0.464 e. The molecule has 6 heteroatoms. The zero-order valence-corrected chi connectivity index (χ0v) is 10.7. The van der Waals surface area contributed by atoms with E-state index in [1.807, 2.05) is 4.90 Å². The maximum atomic E-state index is 11.4. The molecule has 98 valence electrons. The lowest BCUT2D eigenvalue weighted by Gasteiger charge is -2.27. The summed E-state index contributed by atoms with van der Waals surface area (Å²) >= 11 is 0. The first kappa shape index (κ1) is 12.8. The maximum absolute atomic E-state index is 11.4. The van der Waals surface area contributed by atoms with Crippen molar-refractivity contribution in [2.75, 3.05) is 37.7 Å². The van der Waals surface area contributed by atoms with Gasteiger partial charge in [-0.3, -0.25) is 9.69 Å². The van der Waals surface area contributed by atoms with Gasteiger partial charge in [0.15, 0.2) is 9.84 Å². The van der Waals surface area contributed by atoms with Crippen molar-refractivity contribution in [1.29, 1.82) is 0 Å². The van der Waals surface area contributed by atoms with Crippen molar-refractivity contribution in [2.24, 2.45) is 5.92 Å². The number of hydrogen-bond acceptors (Lipinski definition) is 5. The van der Waals surface area contributed by atoms with E-state index in [0.29, 0.717) is 26.2 Å². The molecule has 1 heterocycles. The standard InChI is InChI=1S/C11H19NO4S/c13-11(10-2-1-3-10)16-7-4-12-5-8-17(14,15)9-6-12/h10H,1-9H2. The van der Waals surface area contributed by atoms with Crippen LogP contribution in [0.5, 0.6) is 0 Å². The molecule has 0 atom stereocenters. The van der Waals surface area contributed by atoms with E-state index in [4.69, 9.17) is 4.74 Å². The molecule has 0 aromatic rings. The average Bonchev–Trinajstić information content (AvgIpc) is 2.18. The van der Waals surface area contributed by atoms with Crippen molar-refractivity contribution in [3.63, 3.8) is 0 Å². The van der Waals surface area contributed by atoms with Gasteiger partial charge in [0.1, 0.15) is 6.61 Å². The summed E-state index contributed by atoms with van der Waals surface area (Å²) in [5, 5.41) is 0. The molecule has 1 saturated carbocycles. The van der Waals surface area contributed by atoms with Crippen LogP contribution in [0.3, 0.4) is 0 Å². The molecule has 0 aromatic heterocycles. The first-order chi connectivity index (χ1) is 8.07. The predicted molar refractivity (Wildman–Crippen MR) is 63.4 cm³/mol. The Kier molecular flexibility index (Phi) is 4.04. The van der Waals surface area contributed by atoms with Crippen molar-refractivity contribution in [3.05, 3.63) is 0 Å². The van der Waals surface area contributed by atoms with Gasteiger partial charge in [0, 0.05) is 19.6 Å². The van der Waals surface area contributed by atoms with Crippen LogP contribution >= 0.6 is 0 Å². The van der Waals surface area contributed by atoms with Crippen molar-refractivity contribution >= 4 is 15.8 Å². The minimum atomic E-state index is -2.81. The van der Waals surface area contributed by atoms with Gasteiger partial charge in [0.2, 0.25) is 0 Å². The van der Waals surface area contributed by atoms with Gasteiger partial charge in [0.25, 0.3) is 0 Å². The van der Waals surface area contributed by atoms with Crippen molar-refractivity contribution in [3.8, 4) is 0 Å². The predicted octanol–water partition coefficient (Wildman–Crippen LogP) is 0.0601. The molecule has 17 heavy (non-hydrogen) atoms. The smallest absolute Gasteiger partial charge is 0.308 e. The molecule has 0 N–H and O–H groups in total. The van der Waals surface area contributed by atoms with Gasteiger partial charge in [-0.25, -0.2) is 8.42 Å². The van der Waals surface area contributed by atoms with Crippen LogP contribution < -0.4 is 0 Å². The quantitative estimate of drug-likeness (QED) is 0.670. The van der Waals surface area contributed by atoms with Crippen LogP contribution in [0.1, 0.15) is 19.3 Å². The number of sulfone groups is 1. The van der Waals surface area contributed by atoms with Gasteiger partial charge in [-0.2, -0.15) is 0 Å². The molecule has 0 radical (unpaired) electrons. The van der Waals surface area contributed by atoms with E-state index in [1.54, 1.807) is 0 Å². The fourth-order valence-electron chi connectivity index (χ4n) is 2.01. The Morgan fingerprint density at radius 3 is 2.41 bits per heavy atom. The molecular formula is C11H19NO4S. The van der Waals surface area contributed by atoms with Gasteiger partial charge >= 0.3 is 5.97 Å². The Labute approximate surface area is 102 Å². The van der Waals surface area contributed by atoms with E-state index < -0.39 is 9.84 Å². The Balaban J connectivity index is 1.61. The Morgan fingerprint density at radius 1 is 1.24 bits per heavy atom. The largest absolute Gasteiger partial charge is 0.464 e. The van der Waals surface area contributed by atoms with Crippen LogP contribution in [0.15, 0.2) is 0 Å². The van der Waals surface area contributed by atoms with Crippen LogP contribution in [0.25, 0.3) is 0 Å². The minimum absolute atomic E-state index is 0.0825. The second-order valence-corrected chi connectivity index (χ2v) is 7.09. The number of ether oxygens (including phenoxy) is 1. The molecule has 2 rings (SSSR count). The SMILES string of the molecule is O=C(OCCN1CCS(=O)(=O)CC1)C1CCC1. The fraction of sp³-hybridized carbons (Fsp3) is 0.909. The molecule has 2 fully saturated rings. The van der Waals surface area contributed by atoms with E-state index in [2.05, 4.69) is 0 Å². The lowest BCUT2D eigenvalue weighted by molar-refractivity contribution is -0.151. The monoisotopic (exact) mass is 261 g/mol. The summed E-state index contributed by atoms with van der Waals surface area (Å²) in [5.41, 5.74) is 0. The van der Waals surface area contributed by atoms with Gasteiger partial charge in [-0.1, -0.05) is 6.42 Å². The topological polar surface area (TPSA) is 63.7 Å². The molecule has 0 amide bonds. The molecule has 1 aliphatic heterocycles. The summed E-state index contributed by atoms with van der Waals surface area (Å²) in [6.45, 7) is 2.15. The number of esters is 1. The highest BCUT2D eigenvalue weighted by Gasteiger charge is 2.27. The van der Waals surface area contributed by atoms with Crippen LogP contribution in [-0.4, -0.2) is 57.0 Å². The summed E-state index contributed by atoms with van der Waals surface area (Å²) in [6.07, 6.45) is 3.05. The van der Waals surface area contributed by atoms with E-state index in [1.165, 1.54) is 0 Å². The second-order valence-electron chi connectivity index (χ2n) is 4.79. The van der Waals surface area contributed by atoms with Crippen LogP contribution in [0.2, 0.25) is 0 Å². The highest BCUT2D eigenvalue weighted by atomic mass is 32.2. The Hall–Kier alpha value is -0.620. The molecule has 0 unspecified atom stereocenters. The molecule has 2 aliphatic rings. The molecule has 1 aliphatic carbocycles. The van der Waals surface area contributed by atoms with Crippen molar-refractivity contribution < 1.29 is 17.9 Å². The summed E-state index contributed by atoms with van der Waals surface area (Å²) in [7, 11) is -2.81. The third-order valence-electron chi connectivity index (χ3n) is 3.53. The Morgan fingerprint density at radius 2 is 1.88 bits per heavy atom. The zero-order valence-electron chi connectivity index (χ0n) is 9.93. The molecule has 0 bridgehead atoms. The van der Waals surface area contributed by atoms with E-state index in [9.17, 15) is 13.2 Å². The third-order valence-corrected chi connectivity index (χ3v) is 5.14. The second kappa shape index (κ2) is 5.35.